The first-order valence-corrected chi connectivity index (χ1v) is 7.70. The Bertz CT molecular complexity index is 904. The Morgan fingerprint density at radius 2 is 2.23 bits per heavy atom. The Hall–Kier alpha value is -2.41. The summed E-state index contributed by atoms with van der Waals surface area (Å²) in [6, 6.07) is 7.51. The van der Waals surface area contributed by atoms with E-state index >= 15 is 0 Å². The fraction of sp³-hybridized carbons (Fsp3) is 0.267. The van der Waals surface area contributed by atoms with Crippen LogP contribution in [0.25, 0.3) is 10.2 Å². The van der Waals surface area contributed by atoms with Gasteiger partial charge in [-0.25, -0.2) is 0 Å². The molecule has 0 atom stereocenters. The number of aryl methyl sites for hydroxylation is 2. The molecule has 2 heterocycles. The second-order valence-corrected chi connectivity index (χ2v) is 5.70. The highest BCUT2D eigenvalue weighted by Gasteiger charge is 2.13. The van der Waals surface area contributed by atoms with Crippen LogP contribution >= 0.6 is 11.3 Å². The van der Waals surface area contributed by atoms with Gasteiger partial charge in [-0.15, -0.1) is 0 Å². The van der Waals surface area contributed by atoms with Gasteiger partial charge in [-0.1, -0.05) is 17.4 Å². The maximum Gasteiger partial charge on any atom is 0.297 e. The number of ether oxygens (including phenoxy) is 1. The van der Waals surface area contributed by atoms with Crippen LogP contribution < -0.4 is 9.54 Å². The van der Waals surface area contributed by atoms with E-state index < -0.39 is 0 Å². The van der Waals surface area contributed by atoms with Gasteiger partial charge in [-0.3, -0.25) is 9.48 Å². The summed E-state index contributed by atoms with van der Waals surface area (Å²) in [5, 5.41) is 4.00. The Balaban J connectivity index is 2.21. The van der Waals surface area contributed by atoms with E-state index in [2.05, 4.69) is 10.1 Å². The number of amides is 1. The number of hydrogen-bond acceptors (Lipinski definition) is 4. The molecule has 0 spiro atoms. The van der Waals surface area contributed by atoms with Crippen LogP contribution in [-0.4, -0.2) is 27.4 Å². The van der Waals surface area contributed by atoms with Crippen molar-refractivity contribution < 1.29 is 9.53 Å². The molecule has 114 valence electrons. The summed E-state index contributed by atoms with van der Waals surface area (Å²) in [5.74, 6) is 0.484. The van der Waals surface area contributed by atoms with Gasteiger partial charge < -0.3 is 9.30 Å². The average Bonchev–Trinajstić information content (AvgIpc) is 3.09. The molecule has 0 saturated heterocycles. The molecule has 22 heavy (non-hydrogen) atoms. The first-order chi connectivity index (χ1) is 10.7. The maximum atomic E-state index is 12.3. The highest BCUT2D eigenvalue weighted by molar-refractivity contribution is 7.16. The third kappa shape index (κ3) is 2.33. The van der Waals surface area contributed by atoms with Gasteiger partial charge in [-0.2, -0.15) is 10.1 Å². The van der Waals surface area contributed by atoms with Crippen LogP contribution in [0, 0.1) is 0 Å². The Labute approximate surface area is 131 Å². The number of para-hydroxylation sites is 1. The second-order valence-electron chi connectivity index (χ2n) is 4.69. The first-order valence-electron chi connectivity index (χ1n) is 6.89. The summed E-state index contributed by atoms with van der Waals surface area (Å²) < 4.78 is 9.98. The summed E-state index contributed by atoms with van der Waals surface area (Å²) in [6.45, 7) is 2.73. The molecule has 0 aliphatic carbocycles. The molecular formula is C15H16N4O2S. The van der Waals surface area contributed by atoms with Gasteiger partial charge in [0.25, 0.3) is 5.91 Å². The van der Waals surface area contributed by atoms with Crippen molar-refractivity contribution in [3.05, 3.63) is 41.0 Å². The van der Waals surface area contributed by atoms with Crippen molar-refractivity contribution in [2.45, 2.75) is 13.5 Å². The van der Waals surface area contributed by atoms with Gasteiger partial charge >= 0.3 is 0 Å². The molecular weight excluding hydrogens is 300 g/mol. The van der Waals surface area contributed by atoms with Crippen LogP contribution in [0.4, 0.5) is 0 Å². The summed E-state index contributed by atoms with van der Waals surface area (Å²) >= 11 is 1.48. The average molecular weight is 316 g/mol. The van der Waals surface area contributed by atoms with E-state index in [9.17, 15) is 4.79 Å². The Morgan fingerprint density at radius 1 is 1.41 bits per heavy atom. The highest BCUT2D eigenvalue weighted by Crippen LogP contribution is 2.27. The topological polar surface area (TPSA) is 61.4 Å². The smallest absolute Gasteiger partial charge is 0.297 e. The number of benzene rings is 1. The lowest BCUT2D eigenvalue weighted by molar-refractivity contribution is 0.0989. The van der Waals surface area contributed by atoms with Crippen LogP contribution in [-0.2, 0) is 13.6 Å². The number of methoxy groups -OCH3 is 1. The lowest BCUT2D eigenvalue weighted by Gasteiger charge is -2.05. The van der Waals surface area contributed by atoms with Crippen molar-refractivity contribution in [1.29, 1.82) is 0 Å². The normalized spacial score (nSPS) is 12.0. The van der Waals surface area contributed by atoms with Gasteiger partial charge in [0.05, 0.1) is 11.8 Å². The molecule has 0 aliphatic rings. The second kappa shape index (κ2) is 5.76. The molecule has 0 unspecified atom stereocenters. The number of thiazole rings is 1. The Morgan fingerprint density at radius 3 is 2.86 bits per heavy atom. The molecule has 1 aromatic carbocycles. The van der Waals surface area contributed by atoms with Gasteiger partial charge in [0.1, 0.15) is 17.0 Å². The van der Waals surface area contributed by atoms with Crippen molar-refractivity contribution in [2.75, 3.05) is 7.11 Å². The quantitative estimate of drug-likeness (QED) is 0.744. The highest BCUT2D eigenvalue weighted by atomic mass is 32.1. The van der Waals surface area contributed by atoms with E-state index in [1.165, 1.54) is 16.0 Å². The molecule has 0 radical (unpaired) electrons. The maximum absolute atomic E-state index is 12.3. The van der Waals surface area contributed by atoms with Crippen LogP contribution in [0.3, 0.4) is 0 Å². The van der Waals surface area contributed by atoms with E-state index in [1.54, 1.807) is 26.4 Å². The van der Waals surface area contributed by atoms with Crippen molar-refractivity contribution in [3.63, 3.8) is 0 Å². The molecule has 2 aromatic heterocycles. The number of carbonyl (C=O) groups excluding carboxylic acids is 1. The lowest BCUT2D eigenvalue weighted by Crippen LogP contribution is -2.17. The zero-order valence-corrected chi connectivity index (χ0v) is 13.4. The molecule has 1 amide bonds. The molecule has 3 rings (SSSR count). The minimum atomic E-state index is -0.298. The lowest BCUT2D eigenvalue weighted by atomic mass is 10.3. The van der Waals surface area contributed by atoms with Gasteiger partial charge in [0, 0.05) is 19.8 Å². The van der Waals surface area contributed by atoms with E-state index in [4.69, 9.17) is 4.74 Å². The first kappa shape index (κ1) is 14.5. The number of aromatic nitrogens is 3. The number of hydrogen-bond donors (Lipinski definition) is 0. The number of rotatable bonds is 3. The molecule has 0 aliphatic heterocycles. The standard InChI is InChI=1S/C15H16N4O2S/c1-4-19-13-11(21-3)6-5-7-12(13)22-15(19)17-14(20)10-8-9-16-18(10)2/h5-9H,4H2,1-3H3. The molecule has 7 heteroatoms. The van der Waals surface area contributed by atoms with Crippen LogP contribution in [0.2, 0.25) is 0 Å². The number of nitrogens with zero attached hydrogens (tertiary/aromatic N) is 4. The minimum Gasteiger partial charge on any atom is -0.495 e. The molecule has 0 bridgehead atoms. The van der Waals surface area contributed by atoms with Crippen molar-refractivity contribution in [3.8, 4) is 5.75 Å². The number of carbonyl (C=O) groups is 1. The third-order valence-electron chi connectivity index (χ3n) is 3.44. The summed E-state index contributed by atoms with van der Waals surface area (Å²) in [5.41, 5.74) is 1.43. The largest absolute Gasteiger partial charge is 0.495 e. The van der Waals surface area contributed by atoms with E-state index in [-0.39, 0.29) is 5.91 Å². The summed E-state index contributed by atoms with van der Waals surface area (Å²) in [7, 11) is 3.37. The fourth-order valence-corrected chi connectivity index (χ4v) is 3.48. The van der Waals surface area contributed by atoms with Crippen molar-refractivity contribution in [2.24, 2.45) is 12.0 Å². The number of fused-ring (bicyclic) bond motifs is 1. The fourth-order valence-electron chi connectivity index (χ4n) is 2.37. The van der Waals surface area contributed by atoms with E-state index in [1.807, 2.05) is 29.7 Å². The molecule has 0 fully saturated rings. The summed E-state index contributed by atoms with van der Waals surface area (Å²) in [6.07, 6.45) is 1.59. The van der Waals surface area contributed by atoms with Crippen molar-refractivity contribution in [1.82, 2.24) is 14.3 Å². The van der Waals surface area contributed by atoms with Gasteiger partial charge in [0.2, 0.25) is 0 Å². The summed E-state index contributed by atoms with van der Waals surface area (Å²) in [4.78, 5) is 17.3. The molecule has 3 aromatic rings. The van der Waals surface area contributed by atoms with E-state index in [0.29, 0.717) is 17.0 Å². The predicted molar refractivity (Wildman–Crippen MR) is 85.1 cm³/mol. The zero-order valence-electron chi connectivity index (χ0n) is 12.6. The monoisotopic (exact) mass is 316 g/mol. The molecule has 6 nitrogen and oxygen atoms in total. The third-order valence-corrected chi connectivity index (χ3v) is 4.48. The molecule has 0 saturated carbocycles. The SMILES string of the molecule is CCn1c(=NC(=O)c2ccnn2C)sc2cccc(OC)c21. The molecule has 0 N–H and O–H groups in total. The van der Waals surface area contributed by atoms with Gasteiger partial charge in [0.15, 0.2) is 4.80 Å². The van der Waals surface area contributed by atoms with Crippen molar-refractivity contribution >= 4 is 27.5 Å². The minimum absolute atomic E-state index is 0.298. The zero-order chi connectivity index (χ0) is 15.7. The van der Waals surface area contributed by atoms with E-state index in [0.717, 1.165) is 16.0 Å². The van der Waals surface area contributed by atoms with Gasteiger partial charge in [-0.05, 0) is 25.1 Å². The predicted octanol–water partition coefficient (Wildman–Crippen LogP) is 2.21. The van der Waals surface area contributed by atoms with Crippen LogP contribution in [0.1, 0.15) is 17.4 Å². The Kier molecular flexibility index (Phi) is 3.81. The van der Waals surface area contributed by atoms with Crippen LogP contribution in [0.15, 0.2) is 35.5 Å². The van der Waals surface area contributed by atoms with Crippen LogP contribution in [0.5, 0.6) is 5.75 Å².